The van der Waals surface area contributed by atoms with Crippen molar-refractivity contribution in [1.82, 2.24) is 4.90 Å². The molecule has 1 fully saturated rings. The summed E-state index contributed by atoms with van der Waals surface area (Å²) in [6.45, 7) is 6.30. The molecular weight excluding hydrogens is 342 g/mol. The summed E-state index contributed by atoms with van der Waals surface area (Å²) in [5.41, 5.74) is 1.82. The highest BCUT2D eigenvalue weighted by molar-refractivity contribution is 5.95. The van der Waals surface area contributed by atoms with Crippen LogP contribution in [0.3, 0.4) is 0 Å². The van der Waals surface area contributed by atoms with Gasteiger partial charge in [0.25, 0.3) is 5.91 Å². The molecule has 0 unspecified atom stereocenters. The molecule has 0 saturated carbocycles. The Hall–Kier alpha value is -2.30. The lowest BCUT2D eigenvalue weighted by Gasteiger charge is -2.31. The molecule has 0 spiro atoms. The van der Waals surface area contributed by atoms with Crippen molar-refractivity contribution in [2.24, 2.45) is 23.7 Å². The van der Waals surface area contributed by atoms with Gasteiger partial charge in [0.1, 0.15) is 5.75 Å². The van der Waals surface area contributed by atoms with Gasteiger partial charge < -0.3 is 14.4 Å². The zero-order valence-corrected chi connectivity index (χ0v) is 16.0. The highest BCUT2D eigenvalue weighted by atomic mass is 16.5. The van der Waals surface area contributed by atoms with Gasteiger partial charge in [-0.1, -0.05) is 19.1 Å². The third-order valence-electron chi connectivity index (χ3n) is 6.10. The number of benzene rings is 1. The van der Waals surface area contributed by atoms with E-state index in [4.69, 9.17) is 9.47 Å². The van der Waals surface area contributed by atoms with E-state index in [0.717, 1.165) is 30.8 Å². The lowest BCUT2D eigenvalue weighted by atomic mass is 9.72. The highest BCUT2D eigenvalue weighted by Crippen LogP contribution is 2.40. The van der Waals surface area contributed by atoms with Crippen LogP contribution in [-0.2, 0) is 16.0 Å². The van der Waals surface area contributed by atoms with E-state index >= 15 is 0 Å². The molecule has 144 valence electrons. The Balaban J connectivity index is 1.52. The van der Waals surface area contributed by atoms with Gasteiger partial charge in [-0.25, -0.2) is 0 Å². The van der Waals surface area contributed by atoms with E-state index in [1.54, 1.807) is 0 Å². The fourth-order valence-electron chi connectivity index (χ4n) is 4.74. The van der Waals surface area contributed by atoms with E-state index in [0.29, 0.717) is 25.3 Å². The minimum Gasteiger partial charge on any atom is -0.493 e. The second-order valence-electron chi connectivity index (χ2n) is 7.83. The van der Waals surface area contributed by atoms with Crippen molar-refractivity contribution >= 4 is 11.9 Å². The molecule has 1 saturated heterocycles. The quantitative estimate of drug-likeness (QED) is 0.607. The van der Waals surface area contributed by atoms with Crippen molar-refractivity contribution in [2.45, 2.75) is 26.7 Å². The Bertz CT molecular complexity index is 772. The molecule has 0 N–H and O–H groups in total. The molecule has 1 aromatic rings. The predicted molar refractivity (Wildman–Crippen MR) is 102 cm³/mol. The third kappa shape index (κ3) is 3.35. The van der Waals surface area contributed by atoms with Crippen molar-refractivity contribution in [3.63, 3.8) is 0 Å². The molecule has 4 atom stereocenters. The maximum Gasteiger partial charge on any atom is 0.309 e. The summed E-state index contributed by atoms with van der Waals surface area (Å²) in [7, 11) is 0. The number of aryl methyl sites for hydroxylation is 1. The number of ether oxygens (including phenoxy) is 2. The normalized spacial score (nSPS) is 28.9. The molecule has 0 aromatic heterocycles. The summed E-state index contributed by atoms with van der Waals surface area (Å²) < 4.78 is 11.0. The van der Waals surface area contributed by atoms with E-state index < -0.39 is 0 Å². The second-order valence-corrected chi connectivity index (χ2v) is 7.83. The second kappa shape index (κ2) is 7.37. The van der Waals surface area contributed by atoms with E-state index in [1.807, 2.05) is 30.0 Å². The molecule has 2 aliphatic heterocycles. The number of fused-ring (bicyclic) bond motifs is 2. The zero-order valence-electron chi connectivity index (χ0n) is 16.0. The van der Waals surface area contributed by atoms with Crippen molar-refractivity contribution in [1.29, 1.82) is 0 Å². The summed E-state index contributed by atoms with van der Waals surface area (Å²) in [5, 5.41) is 0. The van der Waals surface area contributed by atoms with Gasteiger partial charge in [0.05, 0.1) is 19.1 Å². The maximum absolute atomic E-state index is 13.1. The van der Waals surface area contributed by atoms with E-state index in [2.05, 4.69) is 19.1 Å². The average Bonchev–Trinajstić information content (AvgIpc) is 3.11. The number of allylic oxidation sites excluding steroid dienone is 1. The van der Waals surface area contributed by atoms with Crippen LogP contribution in [0.15, 0.2) is 30.4 Å². The van der Waals surface area contributed by atoms with Crippen LogP contribution in [-0.4, -0.2) is 43.1 Å². The number of carbonyl (C=O) groups excluding carboxylic acids is 2. The fourth-order valence-corrected chi connectivity index (χ4v) is 4.74. The van der Waals surface area contributed by atoms with Crippen LogP contribution in [0, 0.1) is 23.7 Å². The lowest BCUT2D eigenvalue weighted by molar-refractivity contribution is -0.152. The minimum atomic E-state index is -0.172. The Morgan fingerprint density at radius 3 is 2.93 bits per heavy atom. The fraction of sp³-hybridized carbons (Fsp3) is 0.545. The van der Waals surface area contributed by atoms with Gasteiger partial charge in [0, 0.05) is 18.7 Å². The topological polar surface area (TPSA) is 55.8 Å². The first-order valence-electron chi connectivity index (χ1n) is 9.98. The van der Waals surface area contributed by atoms with Gasteiger partial charge in [-0.05, 0) is 61.3 Å². The molecule has 1 aromatic carbocycles. The van der Waals surface area contributed by atoms with Crippen LogP contribution in [0.5, 0.6) is 5.75 Å². The van der Waals surface area contributed by atoms with E-state index in [9.17, 15) is 9.59 Å². The minimum absolute atomic E-state index is 0.0430. The van der Waals surface area contributed by atoms with E-state index in [-0.39, 0.29) is 35.5 Å². The molecule has 5 heteroatoms. The van der Waals surface area contributed by atoms with Crippen LogP contribution in [0.25, 0.3) is 0 Å². The Kier molecular flexibility index (Phi) is 4.94. The third-order valence-corrected chi connectivity index (χ3v) is 6.10. The van der Waals surface area contributed by atoms with Crippen molar-refractivity contribution in [2.75, 3.05) is 26.3 Å². The van der Waals surface area contributed by atoms with Crippen LogP contribution in [0.1, 0.15) is 36.2 Å². The molecule has 0 bridgehead atoms. The smallest absolute Gasteiger partial charge is 0.309 e. The van der Waals surface area contributed by atoms with Crippen LogP contribution >= 0.6 is 0 Å². The first kappa shape index (κ1) is 18.1. The standard InChI is InChI=1S/C22H27NO4/c1-3-26-22(25)20-14(2)6-7-17-12-23(13-18(17)20)21(24)16-8-9-19-15(11-16)5-4-10-27-19/h6-9,11,14,17-18,20H,3-5,10,12-13H2,1-2H3/t14-,17-,18-,20-/m0/s1. The summed E-state index contributed by atoms with van der Waals surface area (Å²) >= 11 is 0. The zero-order chi connectivity index (χ0) is 19.0. The van der Waals surface area contributed by atoms with Crippen LogP contribution < -0.4 is 4.74 Å². The molecule has 0 radical (unpaired) electrons. The van der Waals surface area contributed by atoms with Gasteiger partial charge in [-0.2, -0.15) is 0 Å². The number of esters is 1. The lowest BCUT2D eigenvalue weighted by Crippen LogP contribution is -2.37. The number of hydrogen-bond acceptors (Lipinski definition) is 4. The molecule has 27 heavy (non-hydrogen) atoms. The van der Waals surface area contributed by atoms with Gasteiger partial charge >= 0.3 is 5.97 Å². The number of rotatable bonds is 3. The number of hydrogen-bond donors (Lipinski definition) is 0. The SMILES string of the molecule is CCOC(=O)[C@@H]1[C@H]2CN(C(=O)c3ccc4c(c3)CCCO4)C[C@@H]2C=C[C@@H]1C. The summed E-state index contributed by atoms with van der Waals surface area (Å²) in [6, 6.07) is 5.74. The average molecular weight is 369 g/mol. The molecule has 1 aliphatic carbocycles. The molecule has 1 amide bonds. The molecule has 4 rings (SSSR count). The Morgan fingerprint density at radius 1 is 1.26 bits per heavy atom. The molecular formula is C22H27NO4. The van der Waals surface area contributed by atoms with Crippen molar-refractivity contribution < 1.29 is 19.1 Å². The number of nitrogens with zero attached hydrogens (tertiary/aromatic N) is 1. The van der Waals surface area contributed by atoms with Gasteiger partial charge in [-0.3, -0.25) is 9.59 Å². The largest absolute Gasteiger partial charge is 0.493 e. The first-order chi connectivity index (χ1) is 13.1. The van der Waals surface area contributed by atoms with Crippen molar-refractivity contribution in [3.8, 4) is 5.75 Å². The molecule has 3 aliphatic rings. The molecule has 2 heterocycles. The van der Waals surface area contributed by atoms with Crippen LogP contribution in [0.2, 0.25) is 0 Å². The number of carbonyl (C=O) groups is 2. The number of likely N-dealkylation sites (tertiary alicyclic amines) is 1. The van der Waals surface area contributed by atoms with Gasteiger partial charge in [0.15, 0.2) is 0 Å². The van der Waals surface area contributed by atoms with Crippen molar-refractivity contribution in [3.05, 3.63) is 41.5 Å². The summed E-state index contributed by atoms with van der Waals surface area (Å²) in [5.74, 6) is 1.13. The van der Waals surface area contributed by atoms with Gasteiger partial charge in [-0.15, -0.1) is 0 Å². The predicted octanol–water partition coefficient (Wildman–Crippen LogP) is 3.09. The summed E-state index contributed by atoms with van der Waals surface area (Å²) in [6.07, 6.45) is 6.22. The summed E-state index contributed by atoms with van der Waals surface area (Å²) in [4.78, 5) is 27.5. The Labute approximate surface area is 160 Å². The number of amides is 1. The van der Waals surface area contributed by atoms with E-state index in [1.165, 1.54) is 0 Å². The highest BCUT2D eigenvalue weighted by Gasteiger charge is 2.46. The maximum atomic E-state index is 13.1. The molecule has 5 nitrogen and oxygen atoms in total. The Morgan fingerprint density at radius 2 is 2.11 bits per heavy atom. The van der Waals surface area contributed by atoms with Crippen LogP contribution in [0.4, 0.5) is 0 Å². The monoisotopic (exact) mass is 369 g/mol. The first-order valence-corrected chi connectivity index (χ1v) is 9.98. The van der Waals surface area contributed by atoms with Gasteiger partial charge in [0.2, 0.25) is 0 Å².